The van der Waals surface area contributed by atoms with E-state index in [2.05, 4.69) is 10.6 Å². The molecule has 0 aromatic rings. The average Bonchev–Trinajstić information content (AvgIpc) is 2.25. The number of hydrogen-bond acceptors (Lipinski definition) is 2. The Balaban J connectivity index is 2.32. The lowest BCUT2D eigenvalue weighted by atomic mass is 10.2. The van der Waals surface area contributed by atoms with Gasteiger partial charge in [-0.15, -0.1) is 0 Å². The van der Waals surface area contributed by atoms with Crippen molar-refractivity contribution < 1.29 is 8.78 Å². The van der Waals surface area contributed by atoms with Gasteiger partial charge in [0.15, 0.2) is 0 Å². The van der Waals surface area contributed by atoms with Crippen molar-refractivity contribution in [3.8, 4) is 0 Å². The Morgan fingerprint density at radius 1 is 1.64 bits per heavy atom. The molecule has 1 fully saturated rings. The molecular weight excluding hydrogens is 150 g/mol. The van der Waals surface area contributed by atoms with E-state index in [1.54, 1.807) is 0 Å². The van der Waals surface area contributed by atoms with Gasteiger partial charge in [0.2, 0.25) is 0 Å². The van der Waals surface area contributed by atoms with Gasteiger partial charge in [0.05, 0.1) is 12.6 Å². The van der Waals surface area contributed by atoms with Gasteiger partial charge in [-0.25, -0.2) is 8.78 Å². The normalized spacial score (nSPS) is 29.2. The Labute approximate surface area is 65.4 Å². The minimum Gasteiger partial charge on any atom is -0.309 e. The Bertz CT molecular complexity index is 128. The molecule has 0 bridgehead atoms. The van der Waals surface area contributed by atoms with E-state index in [4.69, 9.17) is 0 Å². The third-order valence-corrected chi connectivity index (χ3v) is 1.86. The zero-order valence-corrected chi connectivity index (χ0v) is 6.66. The molecule has 2 N–H and O–H groups in total. The van der Waals surface area contributed by atoms with Gasteiger partial charge in [0, 0.05) is 6.54 Å². The highest BCUT2D eigenvalue weighted by atomic mass is 19.3. The van der Waals surface area contributed by atoms with Crippen molar-refractivity contribution in [2.45, 2.75) is 25.3 Å². The maximum atomic E-state index is 12.8. The van der Waals surface area contributed by atoms with Crippen LogP contribution in [0.3, 0.4) is 0 Å². The first-order valence-electron chi connectivity index (χ1n) is 3.98. The van der Waals surface area contributed by atoms with E-state index in [1.807, 2.05) is 6.92 Å². The van der Waals surface area contributed by atoms with Gasteiger partial charge in [-0.3, -0.25) is 0 Å². The molecule has 0 spiro atoms. The molecule has 0 aliphatic carbocycles. The van der Waals surface area contributed by atoms with E-state index >= 15 is 0 Å². The van der Waals surface area contributed by atoms with E-state index in [0.717, 1.165) is 6.42 Å². The third kappa shape index (κ3) is 2.10. The SMILES string of the molecule is CCCNC1CNCC1(F)F. The number of halogens is 2. The van der Waals surface area contributed by atoms with Crippen LogP contribution in [0.25, 0.3) is 0 Å². The molecule has 1 aliphatic heterocycles. The zero-order chi connectivity index (χ0) is 8.32. The van der Waals surface area contributed by atoms with Crippen molar-refractivity contribution in [3.63, 3.8) is 0 Å². The summed E-state index contributed by atoms with van der Waals surface area (Å²) in [5, 5.41) is 5.47. The molecule has 4 heteroatoms. The maximum absolute atomic E-state index is 12.8. The van der Waals surface area contributed by atoms with Crippen LogP contribution in [-0.4, -0.2) is 31.6 Å². The van der Waals surface area contributed by atoms with Crippen LogP contribution in [0.4, 0.5) is 8.78 Å². The van der Waals surface area contributed by atoms with Gasteiger partial charge < -0.3 is 10.6 Å². The molecule has 2 nitrogen and oxygen atoms in total. The summed E-state index contributed by atoms with van der Waals surface area (Å²) in [5.74, 6) is -2.56. The van der Waals surface area contributed by atoms with Crippen LogP contribution in [0.2, 0.25) is 0 Å². The quantitative estimate of drug-likeness (QED) is 0.638. The Morgan fingerprint density at radius 3 is 2.82 bits per heavy atom. The van der Waals surface area contributed by atoms with Crippen LogP contribution in [0.15, 0.2) is 0 Å². The summed E-state index contributed by atoms with van der Waals surface area (Å²) in [6.45, 7) is 2.83. The van der Waals surface area contributed by atoms with Crippen molar-refractivity contribution in [3.05, 3.63) is 0 Å². The van der Waals surface area contributed by atoms with Crippen LogP contribution >= 0.6 is 0 Å². The Kier molecular flexibility index (Phi) is 2.78. The smallest absolute Gasteiger partial charge is 0.276 e. The van der Waals surface area contributed by atoms with Crippen LogP contribution < -0.4 is 10.6 Å². The minimum atomic E-state index is -2.56. The predicted molar refractivity (Wildman–Crippen MR) is 39.9 cm³/mol. The van der Waals surface area contributed by atoms with Crippen molar-refractivity contribution in [1.29, 1.82) is 0 Å². The lowest BCUT2D eigenvalue weighted by Gasteiger charge is -2.18. The second kappa shape index (κ2) is 3.45. The minimum absolute atomic E-state index is 0.186. The number of hydrogen-bond donors (Lipinski definition) is 2. The molecule has 1 unspecified atom stereocenters. The second-order valence-corrected chi connectivity index (χ2v) is 2.90. The van der Waals surface area contributed by atoms with Gasteiger partial charge in [0.1, 0.15) is 0 Å². The molecule has 0 radical (unpaired) electrons. The van der Waals surface area contributed by atoms with E-state index in [9.17, 15) is 8.78 Å². The van der Waals surface area contributed by atoms with E-state index in [1.165, 1.54) is 0 Å². The molecule has 1 rings (SSSR count). The molecule has 1 atom stereocenters. The molecular formula is C7H14F2N2. The highest BCUT2D eigenvalue weighted by molar-refractivity contribution is 4.93. The molecule has 1 saturated heterocycles. The summed E-state index contributed by atoms with van der Waals surface area (Å²) in [5.41, 5.74) is 0. The summed E-state index contributed by atoms with van der Waals surface area (Å²) in [4.78, 5) is 0. The predicted octanol–water partition coefficient (Wildman–Crippen LogP) is 0.593. The molecule has 0 aromatic carbocycles. The fourth-order valence-electron chi connectivity index (χ4n) is 1.20. The second-order valence-electron chi connectivity index (χ2n) is 2.90. The molecule has 1 heterocycles. The number of nitrogens with one attached hydrogen (secondary N) is 2. The molecule has 1 aliphatic rings. The summed E-state index contributed by atoms with van der Waals surface area (Å²) < 4.78 is 25.6. The average molecular weight is 164 g/mol. The molecule has 66 valence electrons. The highest BCUT2D eigenvalue weighted by Gasteiger charge is 2.43. The van der Waals surface area contributed by atoms with Gasteiger partial charge >= 0.3 is 0 Å². The lowest BCUT2D eigenvalue weighted by Crippen LogP contribution is -2.44. The van der Waals surface area contributed by atoms with Crippen LogP contribution in [0, 0.1) is 0 Å². The summed E-state index contributed by atoms with van der Waals surface area (Å²) >= 11 is 0. The highest BCUT2D eigenvalue weighted by Crippen LogP contribution is 2.21. The van der Waals surface area contributed by atoms with Gasteiger partial charge in [-0.1, -0.05) is 6.92 Å². The topological polar surface area (TPSA) is 24.1 Å². The van der Waals surface area contributed by atoms with Crippen LogP contribution in [-0.2, 0) is 0 Å². The van der Waals surface area contributed by atoms with Crippen molar-refractivity contribution in [2.24, 2.45) is 0 Å². The Morgan fingerprint density at radius 2 is 2.36 bits per heavy atom. The zero-order valence-electron chi connectivity index (χ0n) is 6.66. The number of alkyl halides is 2. The van der Waals surface area contributed by atoms with Crippen molar-refractivity contribution in [2.75, 3.05) is 19.6 Å². The van der Waals surface area contributed by atoms with E-state index in [-0.39, 0.29) is 6.54 Å². The lowest BCUT2D eigenvalue weighted by molar-refractivity contribution is -0.00306. The van der Waals surface area contributed by atoms with Crippen molar-refractivity contribution >= 4 is 0 Å². The van der Waals surface area contributed by atoms with Crippen LogP contribution in [0.5, 0.6) is 0 Å². The molecule has 0 aromatic heterocycles. The van der Waals surface area contributed by atoms with Crippen molar-refractivity contribution in [1.82, 2.24) is 10.6 Å². The first-order valence-corrected chi connectivity index (χ1v) is 3.98. The third-order valence-electron chi connectivity index (χ3n) is 1.86. The molecule has 11 heavy (non-hydrogen) atoms. The molecule has 0 saturated carbocycles. The maximum Gasteiger partial charge on any atom is 0.276 e. The standard InChI is InChI=1S/C7H14F2N2/c1-2-3-11-6-4-10-5-7(6,8)9/h6,10-11H,2-5H2,1H3. The fourth-order valence-corrected chi connectivity index (χ4v) is 1.20. The monoisotopic (exact) mass is 164 g/mol. The van der Waals surface area contributed by atoms with E-state index < -0.39 is 12.0 Å². The summed E-state index contributed by atoms with van der Waals surface area (Å²) in [6.07, 6.45) is 0.895. The molecule has 0 amide bonds. The van der Waals surface area contributed by atoms with Gasteiger partial charge in [0.25, 0.3) is 5.92 Å². The summed E-state index contributed by atoms with van der Waals surface area (Å²) in [7, 11) is 0. The van der Waals surface area contributed by atoms with Gasteiger partial charge in [-0.2, -0.15) is 0 Å². The van der Waals surface area contributed by atoms with E-state index in [0.29, 0.717) is 13.1 Å². The fraction of sp³-hybridized carbons (Fsp3) is 1.00. The first kappa shape index (κ1) is 8.87. The van der Waals surface area contributed by atoms with Crippen LogP contribution in [0.1, 0.15) is 13.3 Å². The first-order chi connectivity index (χ1) is 5.17. The largest absolute Gasteiger partial charge is 0.309 e. The summed E-state index contributed by atoms with van der Waals surface area (Å²) in [6, 6.07) is -0.664. The van der Waals surface area contributed by atoms with Gasteiger partial charge in [-0.05, 0) is 13.0 Å². The number of rotatable bonds is 3. The Hall–Kier alpha value is -0.220.